The van der Waals surface area contributed by atoms with Gasteiger partial charge >= 0.3 is 0 Å². The molecule has 1 saturated heterocycles. The van der Waals surface area contributed by atoms with E-state index >= 15 is 0 Å². The third-order valence-electron chi connectivity index (χ3n) is 2.63. The number of nitrogens with two attached hydrogens (primary N) is 1. The van der Waals surface area contributed by atoms with E-state index in [-0.39, 0.29) is 5.54 Å². The second kappa shape index (κ2) is 4.53. The molecule has 1 atom stereocenters. The topological polar surface area (TPSA) is 59.6 Å². The molecule has 0 radical (unpaired) electrons. The first kappa shape index (κ1) is 11.0. The molecule has 1 aromatic carbocycles. The van der Waals surface area contributed by atoms with E-state index in [2.05, 4.69) is 17.2 Å². The Labute approximate surface area is 95.5 Å². The molecule has 4 nitrogen and oxygen atoms in total. The van der Waals surface area contributed by atoms with Crippen LogP contribution in [0.3, 0.4) is 0 Å². The largest absolute Gasteiger partial charge is 0.379 e. The molecule has 1 fully saturated rings. The molecule has 1 heterocycles. The lowest BCUT2D eigenvalue weighted by Crippen LogP contribution is -2.31. The van der Waals surface area contributed by atoms with Crippen molar-refractivity contribution in [1.82, 2.24) is 0 Å². The minimum atomic E-state index is -0.175. The van der Waals surface area contributed by atoms with Crippen molar-refractivity contribution in [3.8, 4) is 0 Å². The van der Waals surface area contributed by atoms with E-state index < -0.39 is 0 Å². The van der Waals surface area contributed by atoms with Gasteiger partial charge in [0.15, 0.2) is 5.96 Å². The summed E-state index contributed by atoms with van der Waals surface area (Å²) in [7, 11) is 0. The molecular weight excluding hydrogens is 202 g/mol. The smallest absolute Gasteiger partial charge is 0.193 e. The van der Waals surface area contributed by atoms with Crippen molar-refractivity contribution in [2.24, 2.45) is 10.7 Å². The van der Waals surface area contributed by atoms with Crippen LogP contribution >= 0.6 is 0 Å². The molecule has 0 spiro atoms. The lowest BCUT2D eigenvalue weighted by molar-refractivity contribution is 0.182. The number of para-hydroxylation sites is 1. The van der Waals surface area contributed by atoms with Crippen molar-refractivity contribution in [2.75, 3.05) is 18.5 Å². The average molecular weight is 219 g/mol. The van der Waals surface area contributed by atoms with Gasteiger partial charge in [0.2, 0.25) is 0 Å². The summed E-state index contributed by atoms with van der Waals surface area (Å²) in [4.78, 5) is 4.46. The molecule has 1 unspecified atom stereocenters. The molecule has 0 amide bonds. The van der Waals surface area contributed by atoms with Crippen LogP contribution in [0.15, 0.2) is 35.3 Å². The van der Waals surface area contributed by atoms with Crippen LogP contribution in [0.5, 0.6) is 0 Å². The predicted molar refractivity (Wildman–Crippen MR) is 65.5 cm³/mol. The Bertz CT molecular complexity index is 369. The van der Waals surface area contributed by atoms with Crippen LogP contribution in [-0.2, 0) is 4.74 Å². The highest BCUT2D eigenvalue weighted by Crippen LogP contribution is 2.22. The first-order chi connectivity index (χ1) is 7.68. The van der Waals surface area contributed by atoms with Crippen molar-refractivity contribution in [2.45, 2.75) is 18.9 Å². The SMILES string of the molecule is CC1(N=C(N)Nc2ccccc2)CCOC1. The number of benzene rings is 1. The van der Waals surface area contributed by atoms with Crippen molar-refractivity contribution in [3.05, 3.63) is 30.3 Å². The summed E-state index contributed by atoms with van der Waals surface area (Å²) < 4.78 is 5.32. The Balaban J connectivity index is 2.02. The lowest BCUT2D eigenvalue weighted by Gasteiger charge is -2.17. The molecule has 0 saturated carbocycles. The van der Waals surface area contributed by atoms with Gasteiger partial charge in [-0.3, -0.25) is 0 Å². The molecular formula is C12H17N3O. The molecule has 0 bridgehead atoms. The molecule has 1 aliphatic rings. The standard InChI is InChI=1S/C12H17N3O/c1-12(7-8-16-9-12)15-11(13)14-10-5-3-2-4-6-10/h2-6H,7-9H2,1H3,(H3,13,14,15). The lowest BCUT2D eigenvalue weighted by atomic mass is 10.0. The van der Waals surface area contributed by atoms with Gasteiger partial charge in [0, 0.05) is 12.3 Å². The summed E-state index contributed by atoms with van der Waals surface area (Å²) >= 11 is 0. The van der Waals surface area contributed by atoms with Gasteiger partial charge in [-0.15, -0.1) is 0 Å². The number of nitrogens with one attached hydrogen (secondary N) is 1. The molecule has 86 valence electrons. The zero-order chi connectivity index (χ0) is 11.4. The summed E-state index contributed by atoms with van der Waals surface area (Å²) in [6, 6.07) is 9.78. The molecule has 16 heavy (non-hydrogen) atoms. The monoisotopic (exact) mass is 219 g/mol. The van der Waals surface area contributed by atoms with Gasteiger partial charge in [-0.05, 0) is 25.5 Å². The van der Waals surface area contributed by atoms with Gasteiger partial charge in [-0.2, -0.15) is 0 Å². The Hall–Kier alpha value is -1.55. The zero-order valence-corrected chi connectivity index (χ0v) is 9.44. The first-order valence-corrected chi connectivity index (χ1v) is 5.43. The van der Waals surface area contributed by atoms with E-state index in [1.807, 2.05) is 30.3 Å². The average Bonchev–Trinajstić information content (AvgIpc) is 2.66. The maximum atomic E-state index is 5.85. The van der Waals surface area contributed by atoms with E-state index in [1.165, 1.54) is 0 Å². The Morgan fingerprint density at radius 1 is 1.44 bits per heavy atom. The molecule has 0 aliphatic carbocycles. The molecule has 0 aromatic heterocycles. The van der Waals surface area contributed by atoms with E-state index in [9.17, 15) is 0 Å². The summed E-state index contributed by atoms with van der Waals surface area (Å²) in [5.41, 5.74) is 6.63. The van der Waals surface area contributed by atoms with Crippen molar-refractivity contribution in [3.63, 3.8) is 0 Å². The highest BCUT2D eigenvalue weighted by atomic mass is 16.5. The molecule has 3 N–H and O–H groups in total. The fourth-order valence-corrected chi connectivity index (χ4v) is 1.73. The highest BCUT2D eigenvalue weighted by molar-refractivity contribution is 5.92. The van der Waals surface area contributed by atoms with Crippen LogP contribution in [0.25, 0.3) is 0 Å². The van der Waals surface area contributed by atoms with E-state index in [0.29, 0.717) is 12.6 Å². The maximum absolute atomic E-state index is 5.85. The van der Waals surface area contributed by atoms with Crippen LogP contribution in [0, 0.1) is 0 Å². The van der Waals surface area contributed by atoms with Crippen molar-refractivity contribution in [1.29, 1.82) is 0 Å². The van der Waals surface area contributed by atoms with Gasteiger partial charge in [0.25, 0.3) is 0 Å². The van der Waals surface area contributed by atoms with Crippen molar-refractivity contribution < 1.29 is 4.74 Å². The van der Waals surface area contributed by atoms with E-state index in [1.54, 1.807) is 0 Å². The van der Waals surface area contributed by atoms with Gasteiger partial charge in [-0.25, -0.2) is 4.99 Å². The number of aliphatic imine (C=N–C) groups is 1. The van der Waals surface area contributed by atoms with Crippen molar-refractivity contribution >= 4 is 11.6 Å². The van der Waals surface area contributed by atoms with Gasteiger partial charge in [0.05, 0.1) is 12.1 Å². The van der Waals surface area contributed by atoms with E-state index in [0.717, 1.165) is 18.7 Å². The fraction of sp³-hybridized carbons (Fsp3) is 0.417. The third-order valence-corrected chi connectivity index (χ3v) is 2.63. The van der Waals surface area contributed by atoms with Crippen LogP contribution < -0.4 is 11.1 Å². The number of rotatable bonds is 2. The minimum absolute atomic E-state index is 0.175. The first-order valence-electron chi connectivity index (χ1n) is 5.43. The normalized spacial score (nSPS) is 25.7. The molecule has 1 aromatic rings. The Morgan fingerprint density at radius 3 is 2.81 bits per heavy atom. The number of ether oxygens (including phenoxy) is 1. The summed E-state index contributed by atoms with van der Waals surface area (Å²) in [6.45, 7) is 3.46. The summed E-state index contributed by atoms with van der Waals surface area (Å²) in [6.07, 6.45) is 0.921. The Kier molecular flexibility index (Phi) is 3.10. The van der Waals surface area contributed by atoms with Crippen LogP contribution in [-0.4, -0.2) is 24.7 Å². The highest BCUT2D eigenvalue weighted by Gasteiger charge is 2.29. The minimum Gasteiger partial charge on any atom is -0.379 e. The molecule has 2 rings (SSSR count). The fourth-order valence-electron chi connectivity index (χ4n) is 1.73. The summed E-state index contributed by atoms with van der Waals surface area (Å²) in [5, 5.41) is 3.07. The van der Waals surface area contributed by atoms with Gasteiger partial charge in [0.1, 0.15) is 0 Å². The van der Waals surface area contributed by atoms with Crippen LogP contribution in [0.1, 0.15) is 13.3 Å². The Morgan fingerprint density at radius 2 is 2.19 bits per heavy atom. The quantitative estimate of drug-likeness (QED) is 0.586. The van der Waals surface area contributed by atoms with Crippen LogP contribution in [0.4, 0.5) is 5.69 Å². The molecule has 1 aliphatic heterocycles. The number of hydrogen-bond donors (Lipinski definition) is 2. The number of anilines is 1. The van der Waals surface area contributed by atoms with Gasteiger partial charge < -0.3 is 15.8 Å². The second-order valence-electron chi connectivity index (χ2n) is 4.29. The number of hydrogen-bond acceptors (Lipinski definition) is 2. The molecule has 4 heteroatoms. The number of nitrogens with zero attached hydrogens (tertiary/aromatic N) is 1. The van der Waals surface area contributed by atoms with E-state index in [4.69, 9.17) is 10.5 Å². The maximum Gasteiger partial charge on any atom is 0.193 e. The second-order valence-corrected chi connectivity index (χ2v) is 4.29. The number of guanidine groups is 1. The van der Waals surface area contributed by atoms with Gasteiger partial charge in [-0.1, -0.05) is 18.2 Å². The third kappa shape index (κ3) is 2.73. The predicted octanol–water partition coefficient (Wildman–Crippen LogP) is 1.59. The zero-order valence-electron chi connectivity index (χ0n) is 9.44. The van der Waals surface area contributed by atoms with Crippen LogP contribution in [0.2, 0.25) is 0 Å². The summed E-state index contributed by atoms with van der Waals surface area (Å²) in [5.74, 6) is 0.444.